The van der Waals surface area contributed by atoms with E-state index in [9.17, 15) is 4.79 Å². The molecule has 7 heteroatoms. The van der Waals surface area contributed by atoms with Gasteiger partial charge in [0.05, 0.1) is 11.9 Å². The minimum atomic E-state index is -0.403. The van der Waals surface area contributed by atoms with Crippen LogP contribution in [-0.2, 0) is 0 Å². The summed E-state index contributed by atoms with van der Waals surface area (Å²) in [5.41, 5.74) is 12.9. The highest BCUT2D eigenvalue weighted by Gasteiger charge is 2.13. The molecule has 6 N–H and O–H groups in total. The lowest BCUT2D eigenvalue weighted by molar-refractivity contribution is 0.0959. The Bertz CT molecular complexity index is 682. The molecule has 0 fully saturated rings. The number of nitrogens with zero attached hydrogens (tertiary/aromatic N) is 2. The van der Waals surface area contributed by atoms with Gasteiger partial charge in [-0.2, -0.15) is 0 Å². The normalized spacial score (nSPS) is 10.1. The third-order valence-corrected chi connectivity index (χ3v) is 2.71. The summed E-state index contributed by atoms with van der Waals surface area (Å²) in [6, 6.07) is 6.97. The van der Waals surface area contributed by atoms with Crippen LogP contribution in [0, 0.1) is 5.41 Å². The fourth-order valence-corrected chi connectivity index (χ4v) is 1.67. The third kappa shape index (κ3) is 2.56. The standard InChI is InChI=1S/C13H14N6O/c1-17-13(20)10-12(16)18-6-9(19-10)7-3-2-4-8(5-7)11(14)15/h2-6H,1H3,(H3,14,15)(H2,16,18)(H,17,20). The number of hydrogen-bond acceptors (Lipinski definition) is 5. The number of aromatic nitrogens is 2. The van der Waals surface area contributed by atoms with Gasteiger partial charge in [0.15, 0.2) is 11.5 Å². The molecule has 2 aromatic rings. The van der Waals surface area contributed by atoms with E-state index in [1.807, 2.05) is 0 Å². The van der Waals surface area contributed by atoms with Crippen LogP contribution in [0.3, 0.4) is 0 Å². The van der Waals surface area contributed by atoms with Crippen LogP contribution in [0.2, 0.25) is 0 Å². The zero-order valence-corrected chi connectivity index (χ0v) is 10.8. The maximum absolute atomic E-state index is 11.6. The topological polar surface area (TPSA) is 131 Å². The quantitative estimate of drug-likeness (QED) is 0.472. The van der Waals surface area contributed by atoms with Crippen LogP contribution in [0.4, 0.5) is 5.82 Å². The largest absolute Gasteiger partial charge is 0.384 e. The summed E-state index contributed by atoms with van der Waals surface area (Å²) >= 11 is 0. The van der Waals surface area contributed by atoms with Gasteiger partial charge >= 0.3 is 0 Å². The molecule has 0 unspecified atom stereocenters. The molecule has 0 aliphatic carbocycles. The second kappa shape index (κ2) is 5.35. The van der Waals surface area contributed by atoms with Crippen molar-refractivity contribution in [3.05, 3.63) is 41.7 Å². The Hall–Kier alpha value is -2.96. The first-order valence-corrected chi connectivity index (χ1v) is 5.82. The lowest BCUT2D eigenvalue weighted by atomic mass is 10.1. The Morgan fingerprint density at radius 3 is 2.80 bits per heavy atom. The molecule has 0 saturated carbocycles. The zero-order chi connectivity index (χ0) is 14.7. The number of amidine groups is 1. The molecule has 0 atom stereocenters. The summed E-state index contributed by atoms with van der Waals surface area (Å²) in [5, 5.41) is 9.88. The summed E-state index contributed by atoms with van der Waals surface area (Å²) in [6.07, 6.45) is 1.47. The molecular formula is C13H14N6O. The second-order valence-corrected chi connectivity index (χ2v) is 4.06. The van der Waals surface area contributed by atoms with Gasteiger partial charge in [-0.25, -0.2) is 9.97 Å². The van der Waals surface area contributed by atoms with E-state index in [1.54, 1.807) is 24.3 Å². The number of carbonyl (C=O) groups excluding carboxylic acids is 1. The summed E-state index contributed by atoms with van der Waals surface area (Å²) in [5.74, 6) is -0.378. The summed E-state index contributed by atoms with van der Waals surface area (Å²) in [6.45, 7) is 0. The number of nitrogen functional groups attached to an aromatic ring is 2. The van der Waals surface area contributed by atoms with Crippen LogP contribution in [0.1, 0.15) is 16.1 Å². The van der Waals surface area contributed by atoms with Gasteiger partial charge in [-0.3, -0.25) is 10.2 Å². The number of rotatable bonds is 3. The Morgan fingerprint density at radius 1 is 1.40 bits per heavy atom. The average Bonchev–Trinajstić information content (AvgIpc) is 2.47. The molecule has 0 aliphatic rings. The summed E-state index contributed by atoms with van der Waals surface area (Å²) in [4.78, 5) is 19.8. The van der Waals surface area contributed by atoms with Crippen LogP contribution in [-0.4, -0.2) is 28.8 Å². The monoisotopic (exact) mass is 270 g/mol. The Balaban J connectivity index is 2.50. The minimum Gasteiger partial charge on any atom is -0.384 e. The molecule has 0 aliphatic heterocycles. The molecule has 20 heavy (non-hydrogen) atoms. The van der Waals surface area contributed by atoms with Crippen LogP contribution in [0.5, 0.6) is 0 Å². The molecular weight excluding hydrogens is 256 g/mol. The van der Waals surface area contributed by atoms with Gasteiger partial charge in [-0.15, -0.1) is 0 Å². The molecule has 1 heterocycles. The first-order valence-electron chi connectivity index (χ1n) is 5.82. The molecule has 0 bridgehead atoms. The Morgan fingerprint density at radius 2 is 2.15 bits per heavy atom. The lowest BCUT2D eigenvalue weighted by Gasteiger charge is -2.07. The Kier molecular flexibility index (Phi) is 3.60. The molecule has 1 amide bonds. The van der Waals surface area contributed by atoms with Crippen molar-refractivity contribution in [2.75, 3.05) is 12.8 Å². The van der Waals surface area contributed by atoms with Gasteiger partial charge in [0, 0.05) is 18.2 Å². The smallest absolute Gasteiger partial charge is 0.273 e. The van der Waals surface area contributed by atoms with Gasteiger partial charge in [-0.05, 0) is 6.07 Å². The van der Waals surface area contributed by atoms with Crippen molar-refractivity contribution in [2.24, 2.45) is 5.73 Å². The van der Waals surface area contributed by atoms with Gasteiger partial charge in [0.1, 0.15) is 5.84 Å². The Labute approximate surface area is 115 Å². The minimum absolute atomic E-state index is 0.0400. The van der Waals surface area contributed by atoms with Crippen LogP contribution < -0.4 is 16.8 Å². The van der Waals surface area contributed by atoms with Gasteiger partial charge in [0.2, 0.25) is 0 Å². The van der Waals surface area contributed by atoms with E-state index in [2.05, 4.69) is 15.3 Å². The van der Waals surface area contributed by atoms with Crippen molar-refractivity contribution in [1.29, 1.82) is 5.41 Å². The number of nitrogens with two attached hydrogens (primary N) is 2. The van der Waals surface area contributed by atoms with E-state index in [0.29, 0.717) is 16.8 Å². The fraction of sp³-hybridized carbons (Fsp3) is 0.0769. The lowest BCUT2D eigenvalue weighted by Crippen LogP contribution is -2.21. The average molecular weight is 270 g/mol. The molecule has 0 radical (unpaired) electrons. The van der Waals surface area contributed by atoms with Gasteiger partial charge in [0.25, 0.3) is 5.91 Å². The zero-order valence-electron chi connectivity index (χ0n) is 10.8. The van der Waals surface area contributed by atoms with E-state index >= 15 is 0 Å². The van der Waals surface area contributed by atoms with Crippen molar-refractivity contribution in [3.8, 4) is 11.3 Å². The number of hydrogen-bond donors (Lipinski definition) is 4. The predicted molar refractivity (Wildman–Crippen MR) is 76.3 cm³/mol. The van der Waals surface area contributed by atoms with Crippen molar-refractivity contribution in [2.45, 2.75) is 0 Å². The van der Waals surface area contributed by atoms with Gasteiger partial charge in [-0.1, -0.05) is 18.2 Å². The number of carbonyl (C=O) groups is 1. The van der Waals surface area contributed by atoms with Crippen LogP contribution in [0.15, 0.2) is 30.5 Å². The third-order valence-electron chi connectivity index (χ3n) is 2.71. The van der Waals surface area contributed by atoms with E-state index in [-0.39, 0.29) is 17.3 Å². The number of nitrogens with one attached hydrogen (secondary N) is 2. The molecule has 0 saturated heterocycles. The van der Waals surface area contributed by atoms with Gasteiger partial charge < -0.3 is 16.8 Å². The van der Waals surface area contributed by atoms with Crippen molar-refractivity contribution < 1.29 is 4.79 Å². The van der Waals surface area contributed by atoms with Crippen molar-refractivity contribution in [3.63, 3.8) is 0 Å². The molecule has 7 nitrogen and oxygen atoms in total. The maximum Gasteiger partial charge on any atom is 0.273 e. The highest BCUT2D eigenvalue weighted by atomic mass is 16.1. The fourth-order valence-electron chi connectivity index (χ4n) is 1.67. The van der Waals surface area contributed by atoms with E-state index < -0.39 is 5.91 Å². The van der Waals surface area contributed by atoms with Crippen LogP contribution >= 0.6 is 0 Å². The number of amides is 1. The molecule has 1 aromatic carbocycles. The highest BCUT2D eigenvalue weighted by molar-refractivity contribution is 5.97. The van der Waals surface area contributed by atoms with Crippen LogP contribution in [0.25, 0.3) is 11.3 Å². The summed E-state index contributed by atoms with van der Waals surface area (Å²) in [7, 11) is 1.49. The second-order valence-electron chi connectivity index (χ2n) is 4.06. The number of benzene rings is 1. The SMILES string of the molecule is CNC(=O)c1nc(-c2cccc(C(=N)N)c2)cnc1N. The van der Waals surface area contributed by atoms with E-state index in [4.69, 9.17) is 16.9 Å². The first-order chi connectivity index (χ1) is 9.52. The van der Waals surface area contributed by atoms with Crippen molar-refractivity contribution in [1.82, 2.24) is 15.3 Å². The molecule has 2 rings (SSSR count). The molecule has 102 valence electrons. The summed E-state index contributed by atoms with van der Waals surface area (Å²) < 4.78 is 0. The molecule has 0 spiro atoms. The van der Waals surface area contributed by atoms with E-state index in [0.717, 1.165) is 0 Å². The number of anilines is 1. The highest BCUT2D eigenvalue weighted by Crippen LogP contribution is 2.19. The van der Waals surface area contributed by atoms with E-state index in [1.165, 1.54) is 13.2 Å². The van der Waals surface area contributed by atoms with Crippen molar-refractivity contribution >= 4 is 17.6 Å². The predicted octanol–water partition coefficient (Wildman–Crippen LogP) is 0.369. The molecule has 1 aromatic heterocycles. The first kappa shape index (κ1) is 13.5. The maximum atomic E-state index is 11.6.